The zero-order valence-electron chi connectivity index (χ0n) is 9.98. The zero-order chi connectivity index (χ0) is 12.4. The summed E-state index contributed by atoms with van der Waals surface area (Å²) in [6.07, 6.45) is 4.72. The van der Waals surface area contributed by atoms with Gasteiger partial charge in [0.25, 0.3) is 5.91 Å². The molecule has 2 rings (SSSR count). The van der Waals surface area contributed by atoms with Crippen molar-refractivity contribution in [2.75, 3.05) is 7.05 Å². The number of rotatable bonds is 2. The molecule has 6 nitrogen and oxygen atoms in total. The molecule has 3 N–H and O–H groups in total. The number of imide groups is 1. The van der Waals surface area contributed by atoms with Gasteiger partial charge in [-0.3, -0.25) is 14.5 Å². The van der Waals surface area contributed by atoms with Gasteiger partial charge in [-0.15, -0.1) is 0 Å². The van der Waals surface area contributed by atoms with Gasteiger partial charge in [-0.25, -0.2) is 4.99 Å². The lowest BCUT2D eigenvalue weighted by Crippen LogP contribution is -2.40. The summed E-state index contributed by atoms with van der Waals surface area (Å²) >= 11 is 0. The van der Waals surface area contributed by atoms with E-state index in [0.717, 1.165) is 17.7 Å². The van der Waals surface area contributed by atoms with Gasteiger partial charge in [0.15, 0.2) is 5.96 Å². The van der Waals surface area contributed by atoms with Crippen LogP contribution in [0.25, 0.3) is 0 Å². The molecule has 1 heterocycles. The van der Waals surface area contributed by atoms with E-state index in [2.05, 4.69) is 10.3 Å². The molecular weight excluding hydrogens is 220 g/mol. The van der Waals surface area contributed by atoms with Crippen LogP contribution in [-0.2, 0) is 9.59 Å². The predicted octanol–water partition coefficient (Wildman–Crippen LogP) is -0.409. The van der Waals surface area contributed by atoms with E-state index in [1.54, 1.807) is 0 Å². The minimum atomic E-state index is -0.638. The predicted molar refractivity (Wildman–Crippen MR) is 63.2 cm³/mol. The van der Waals surface area contributed by atoms with Gasteiger partial charge in [0.1, 0.15) is 6.04 Å². The van der Waals surface area contributed by atoms with Crippen molar-refractivity contribution in [3.05, 3.63) is 0 Å². The Morgan fingerprint density at radius 2 is 2.06 bits per heavy atom. The second kappa shape index (κ2) is 4.73. The number of hydrogen-bond donors (Lipinski definition) is 2. The van der Waals surface area contributed by atoms with Crippen LogP contribution in [-0.4, -0.2) is 41.8 Å². The summed E-state index contributed by atoms with van der Waals surface area (Å²) in [6.45, 7) is 0. The van der Waals surface area contributed by atoms with Crippen LogP contribution >= 0.6 is 0 Å². The summed E-state index contributed by atoms with van der Waals surface area (Å²) in [5.74, 6) is -0.193. The van der Waals surface area contributed by atoms with Crippen molar-refractivity contribution in [3.8, 4) is 0 Å². The molecule has 1 aliphatic carbocycles. The first kappa shape index (κ1) is 11.9. The lowest BCUT2D eigenvalue weighted by Gasteiger charge is -2.13. The normalized spacial score (nSPS) is 27.0. The molecule has 0 radical (unpaired) electrons. The molecule has 0 bridgehead atoms. The fourth-order valence-corrected chi connectivity index (χ4v) is 2.32. The standard InChI is InChI=1S/C11H18N4O2/c1-15-9(16)6-8(10(15)17)14-11(12)13-7-4-2-3-5-7/h7-8H,2-6H2,1H3,(H3,12,13,14). The van der Waals surface area contributed by atoms with Crippen molar-refractivity contribution < 1.29 is 9.59 Å². The lowest BCUT2D eigenvalue weighted by atomic mass is 10.2. The van der Waals surface area contributed by atoms with Crippen molar-refractivity contribution in [1.82, 2.24) is 10.2 Å². The van der Waals surface area contributed by atoms with Gasteiger partial charge < -0.3 is 11.1 Å². The van der Waals surface area contributed by atoms with Crippen LogP contribution in [0.5, 0.6) is 0 Å². The number of guanidine groups is 1. The zero-order valence-corrected chi connectivity index (χ0v) is 9.98. The average Bonchev–Trinajstić information content (AvgIpc) is 2.85. The summed E-state index contributed by atoms with van der Waals surface area (Å²) in [7, 11) is 1.47. The summed E-state index contributed by atoms with van der Waals surface area (Å²) in [5, 5.41) is 3.10. The third-order valence-electron chi connectivity index (χ3n) is 3.36. The van der Waals surface area contributed by atoms with Crippen LogP contribution in [0.1, 0.15) is 32.1 Å². The molecule has 94 valence electrons. The van der Waals surface area contributed by atoms with Crippen molar-refractivity contribution in [2.45, 2.75) is 44.2 Å². The Morgan fingerprint density at radius 1 is 1.41 bits per heavy atom. The molecule has 0 spiro atoms. The monoisotopic (exact) mass is 238 g/mol. The minimum absolute atomic E-state index is 0.127. The first-order valence-corrected chi connectivity index (χ1v) is 5.98. The fraction of sp³-hybridized carbons (Fsp3) is 0.727. The Balaban J connectivity index is 1.94. The highest BCUT2D eigenvalue weighted by Gasteiger charge is 2.36. The second-order valence-corrected chi connectivity index (χ2v) is 4.65. The van der Waals surface area contributed by atoms with E-state index in [-0.39, 0.29) is 24.2 Å². The van der Waals surface area contributed by atoms with Crippen LogP contribution in [0, 0.1) is 0 Å². The highest BCUT2D eigenvalue weighted by atomic mass is 16.2. The molecule has 0 aromatic rings. The Morgan fingerprint density at radius 3 is 2.59 bits per heavy atom. The van der Waals surface area contributed by atoms with E-state index in [4.69, 9.17) is 5.73 Å². The Labute approximate surface area is 100 Å². The van der Waals surface area contributed by atoms with E-state index in [1.165, 1.54) is 19.9 Å². The fourth-order valence-electron chi connectivity index (χ4n) is 2.32. The van der Waals surface area contributed by atoms with Crippen molar-refractivity contribution in [3.63, 3.8) is 0 Å². The third kappa shape index (κ3) is 2.57. The van der Waals surface area contributed by atoms with E-state index >= 15 is 0 Å². The number of likely N-dealkylation sites (N-methyl/N-ethyl adjacent to an activating group) is 1. The van der Waals surface area contributed by atoms with Crippen LogP contribution in [0.2, 0.25) is 0 Å². The smallest absolute Gasteiger partial charge is 0.254 e. The molecule has 1 saturated carbocycles. The minimum Gasteiger partial charge on any atom is -0.370 e. The van der Waals surface area contributed by atoms with Crippen molar-refractivity contribution >= 4 is 17.8 Å². The maximum Gasteiger partial charge on any atom is 0.254 e. The van der Waals surface area contributed by atoms with Crippen LogP contribution in [0.15, 0.2) is 4.99 Å². The van der Waals surface area contributed by atoms with Gasteiger partial charge in [0.05, 0.1) is 6.42 Å². The average molecular weight is 238 g/mol. The van der Waals surface area contributed by atoms with Gasteiger partial charge in [0.2, 0.25) is 5.91 Å². The molecule has 2 fully saturated rings. The molecule has 1 saturated heterocycles. The molecule has 17 heavy (non-hydrogen) atoms. The third-order valence-corrected chi connectivity index (χ3v) is 3.36. The molecule has 1 unspecified atom stereocenters. The molecule has 0 aromatic heterocycles. The quantitative estimate of drug-likeness (QED) is 0.389. The van der Waals surface area contributed by atoms with Gasteiger partial charge >= 0.3 is 0 Å². The SMILES string of the molecule is CN1C(=O)CC(N=C(N)NC2CCCC2)C1=O. The number of likely N-dealkylation sites (tertiary alicyclic amines) is 1. The van der Waals surface area contributed by atoms with Crippen LogP contribution < -0.4 is 11.1 Å². The summed E-state index contributed by atoms with van der Waals surface area (Å²) < 4.78 is 0. The van der Waals surface area contributed by atoms with Gasteiger partial charge in [0, 0.05) is 13.1 Å². The van der Waals surface area contributed by atoms with E-state index in [1.807, 2.05) is 0 Å². The number of aliphatic imine (C=N–C) groups is 1. The molecule has 0 aromatic carbocycles. The van der Waals surface area contributed by atoms with Crippen molar-refractivity contribution in [1.29, 1.82) is 0 Å². The lowest BCUT2D eigenvalue weighted by molar-refractivity contribution is -0.136. The Kier molecular flexibility index (Phi) is 3.31. The number of carbonyl (C=O) groups is 2. The molecule has 2 amide bonds. The second-order valence-electron chi connectivity index (χ2n) is 4.65. The topological polar surface area (TPSA) is 87.8 Å². The highest BCUT2D eigenvalue weighted by Crippen LogP contribution is 2.18. The number of hydrogen-bond acceptors (Lipinski definition) is 3. The van der Waals surface area contributed by atoms with Crippen LogP contribution in [0.3, 0.4) is 0 Å². The Bertz CT molecular complexity index is 360. The number of nitrogens with two attached hydrogens (primary N) is 1. The first-order valence-electron chi connectivity index (χ1n) is 5.98. The number of amides is 2. The first-order chi connectivity index (χ1) is 8.08. The molecule has 2 aliphatic rings. The Hall–Kier alpha value is -1.59. The van der Waals surface area contributed by atoms with E-state index in [0.29, 0.717) is 6.04 Å². The molecule has 1 aliphatic heterocycles. The number of nitrogens with one attached hydrogen (secondary N) is 1. The highest BCUT2D eigenvalue weighted by molar-refractivity contribution is 6.06. The van der Waals surface area contributed by atoms with Crippen LogP contribution in [0.4, 0.5) is 0 Å². The maximum absolute atomic E-state index is 11.6. The summed E-state index contributed by atoms with van der Waals surface area (Å²) in [6, 6.07) is -0.273. The van der Waals surface area contributed by atoms with E-state index in [9.17, 15) is 9.59 Å². The van der Waals surface area contributed by atoms with Gasteiger partial charge in [-0.2, -0.15) is 0 Å². The molecule has 6 heteroatoms. The van der Waals surface area contributed by atoms with Crippen molar-refractivity contribution in [2.24, 2.45) is 10.7 Å². The van der Waals surface area contributed by atoms with Gasteiger partial charge in [-0.1, -0.05) is 12.8 Å². The number of nitrogens with zero attached hydrogens (tertiary/aromatic N) is 2. The maximum atomic E-state index is 11.6. The summed E-state index contributed by atoms with van der Waals surface area (Å²) in [5.41, 5.74) is 5.74. The summed E-state index contributed by atoms with van der Waals surface area (Å²) in [4.78, 5) is 28.1. The van der Waals surface area contributed by atoms with E-state index < -0.39 is 6.04 Å². The largest absolute Gasteiger partial charge is 0.370 e. The van der Waals surface area contributed by atoms with Gasteiger partial charge in [-0.05, 0) is 12.8 Å². The number of carbonyl (C=O) groups excluding carboxylic acids is 2. The molecular formula is C11H18N4O2. The molecule has 1 atom stereocenters.